The molecule has 0 aromatic heterocycles. The van der Waals surface area contributed by atoms with Crippen molar-refractivity contribution in [3.05, 3.63) is 70.3 Å². The van der Waals surface area contributed by atoms with E-state index in [1.807, 2.05) is 30.3 Å². The van der Waals surface area contributed by atoms with Crippen LogP contribution >= 0.6 is 0 Å². The molecule has 12 nitrogen and oxygen atoms in total. The predicted molar refractivity (Wildman–Crippen MR) is 144 cm³/mol. The lowest BCUT2D eigenvalue weighted by molar-refractivity contribution is -0.384. The minimum absolute atomic E-state index is 0.0226. The van der Waals surface area contributed by atoms with Gasteiger partial charge in [-0.3, -0.25) is 14.9 Å². The van der Waals surface area contributed by atoms with Crippen molar-refractivity contribution in [1.82, 2.24) is 9.62 Å². The number of amides is 1. The van der Waals surface area contributed by atoms with Crippen LogP contribution in [0.25, 0.3) is 0 Å². The van der Waals surface area contributed by atoms with Crippen LogP contribution in [0.3, 0.4) is 0 Å². The fraction of sp³-hybridized carbons (Fsp3) is 0.462. The molecule has 39 heavy (non-hydrogen) atoms. The Morgan fingerprint density at radius 1 is 1.05 bits per heavy atom. The standard InChI is InChI=1S/C26H36N4O8S/c1-37-25(31)12-6-3-7-18-29(39(35,36)24-15-13-23(14-16-24)30(33)34)19-22(27)11-8-17-28-26(32)38-20-21-9-4-2-5-10-21/h2,4-5,9-10,13-16,22H,3,6-8,11-12,17-20,27H2,1H3,(H,28,32)/t22-/m1/s1. The van der Waals surface area contributed by atoms with E-state index in [4.69, 9.17) is 10.5 Å². The van der Waals surface area contributed by atoms with Gasteiger partial charge in [-0.05, 0) is 43.4 Å². The molecular weight excluding hydrogens is 528 g/mol. The lowest BCUT2D eigenvalue weighted by atomic mass is 10.1. The van der Waals surface area contributed by atoms with Crippen LogP contribution in [0, 0.1) is 10.1 Å². The molecule has 0 unspecified atom stereocenters. The van der Waals surface area contributed by atoms with Gasteiger partial charge in [-0.15, -0.1) is 0 Å². The normalized spacial score (nSPS) is 12.1. The Morgan fingerprint density at radius 3 is 2.38 bits per heavy atom. The summed E-state index contributed by atoms with van der Waals surface area (Å²) < 4.78 is 37.7. The summed E-state index contributed by atoms with van der Waals surface area (Å²) in [6.07, 6.45) is 2.28. The monoisotopic (exact) mass is 564 g/mol. The molecule has 0 saturated carbocycles. The predicted octanol–water partition coefficient (Wildman–Crippen LogP) is 3.35. The molecule has 0 radical (unpaired) electrons. The van der Waals surface area contributed by atoms with E-state index in [1.165, 1.54) is 23.5 Å². The Kier molecular flexibility index (Phi) is 13.3. The highest BCUT2D eigenvalue weighted by atomic mass is 32.2. The average Bonchev–Trinajstić information content (AvgIpc) is 2.93. The second kappa shape index (κ2) is 16.4. The number of rotatable bonds is 17. The van der Waals surface area contributed by atoms with Crippen LogP contribution < -0.4 is 11.1 Å². The second-order valence-corrected chi connectivity index (χ2v) is 10.8. The summed E-state index contributed by atoms with van der Waals surface area (Å²) in [6, 6.07) is 13.4. The highest BCUT2D eigenvalue weighted by Gasteiger charge is 2.26. The second-order valence-electron chi connectivity index (χ2n) is 8.89. The number of carbonyl (C=O) groups is 2. The van der Waals surface area contributed by atoms with Crippen LogP contribution in [-0.2, 0) is 30.9 Å². The number of methoxy groups -OCH3 is 1. The van der Waals surface area contributed by atoms with Crippen molar-refractivity contribution >= 4 is 27.8 Å². The van der Waals surface area contributed by atoms with Gasteiger partial charge in [0.15, 0.2) is 0 Å². The first-order chi connectivity index (χ1) is 18.6. The van der Waals surface area contributed by atoms with Crippen LogP contribution in [-0.4, -0.2) is 62.5 Å². The van der Waals surface area contributed by atoms with Gasteiger partial charge < -0.3 is 20.5 Å². The van der Waals surface area contributed by atoms with Gasteiger partial charge in [-0.2, -0.15) is 4.31 Å². The lowest BCUT2D eigenvalue weighted by Gasteiger charge is -2.25. The van der Waals surface area contributed by atoms with E-state index in [9.17, 15) is 28.1 Å². The average molecular weight is 565 g/mol. The molecule has 3 N–H and O–H groups in total. The Morgan fingerprint density at radius 2 is 1.74 bits per heavy atom. The molecule has 0 spiro atoms. The van der Waals surface area contributed by atoms with Crippen molar-refractivity contribution in [3.63, 3.8) is 0 Å². The molecule has 1 atom stereocenters. The van der Waals surface area contributed by atoms with Crippen molar-refractivity contribution in [2.24, 2.45) is 5.73 Å². The number of unbranched alkanes of at least 4 members (excludes halogenated alkanes) is 2. The summed E-state index contributed by atoms with van der Waals surface area (Å²) >= 11 is 0. The molecule has 214 valence electrons. The van der Waals surface area contributed by atoms with Gasteiger partial charge in [0.25, 0.3) is 5.69 Å². The number of ether oxygens (including phenoxy) is 2. The molecule has 0 heterocycles. The molecule has 0 fully saturated rings. The van der Waals surface area contributed by atoms with Crippen LogP contribution in [0.2, 0.25) is 0 Å². The first kappa shape index (κ1) is 31.7. The Bertz CT molecular complexity index is 1160. The third-order valence-corrected chi connectivity index (χ3v) is 7.75. The number of nitro benzene ring substituents is 1. The first-order valence-electron chi connectivity index (χ1n) is 12.6. The van der Waals surface area contributed by atoms with Gasteiger partial charge in [0.2, 0.25) is 10.0 Å². The smallest absolute Gasteiger partial charge is 0.407 e. The number of alkyl carbamates (subject to hydrolysis) is 1. The number of nitrogens with one attached hydrogen (secondary N) is 1. The summed E-state index contributed by atoms with van der Waals surface area (Å²) in [5.74, 6) is -0.329. The van der Waals surface area contributed by atoms with E-state index in [2.05, 4.69) is 10.1 Å². The summed E-state index contributed by atoms with van der Waals surface area (Å²) in [5, 5.41) is 13.6. The Labute approximate surface area is 228 Å². The van der Waals surface area contributed by atoms with E-state index in [0.717, 1.165) is 17.7 Å². The summed E-state index contributed by atoms with van der Waals surface area (Å²) in [7, 11) is -2.66. The number of benzene rings is 2. The van der Waals surface area contributed by atoms with E-state index in [1.54, 1.807) is 0 Å². The summed E-state index contributed by atoms with van der Waals surface area (Å²) in [4.78, 5) is 33.5. The largest absolute Gasteiger partial charge is 0.469 e. The maximum Gasteiger partial charge on any atom is 0.407 e. The minimum Gasteiger partial charge on any atom is -0.469 e. The topological polar surface area (TPSA) is 171 Å². The zero-order chi connectivity index (χ0) is 28.7. The number of nitrogens with two attached hydrogens (primary N) is 1. The number of esters is 1. The molecule has 0 bridgehead atoms. The highest BCUT2D eigenvalue weighted by molar-refractivity contribution is 7.89. The van der Waals surface area contributed by atoms with Crippen LogP contribution in [0.15, 0.2) is 59.5 Å². The summed E-state index contributed by atoms with van der Waals surface area (Å²) in [6.45, 7) is 0.651. The van der Waals surface area contributed by atoms with Crippen LogP contribution in [0.5, 0.6) is 0 Å². The number of nitrogens with zero attached hydrogens (tertiary/aromatic N) is 2. The number of non-ortho nitro benzene ring substituents is 1. The molecule has 2 aromatic carbocycles. The van der Waals surface area contributed by atoms with Crippen molar-refractivity contribution in [1.29, 1.82) is 0 Å². The molecule has 0 aliphatic rings. The van der Waals surface area contributed by atoms with E-state index in [0.29, 0.717) is 38.6 Å². The third kappa shape index (κ3) is 11.4. The van der Waals surface area contributed by atoms with Gasteiger partial charge in [0, 0.05) is 44.2 Å². The minimum atomic E-state index is -3.98. The molecule has 0 aliphatic heterocycles. The van der Waals surface area contributed by atoms with Crippen molar-refractivity contribution < 1.29 is 32.4 Å². The number of hydrogen-bond acceptors (Lipinski definition) is 9. The molecule has 0 saturated heterocycles. The molecule has 1 amide bonds. The quantitative estimate of drug-likeness (QED) is 0.126. The van der Waals surface area contributed by atoms with Crippen molar-refractivity contribution in [2.45, 2.75) is 56.1 Å². The van der Waals surface area contributed by atoms with Gasteiger partial charge in [0.05, 0.1) is 16.9 Å². The van der Waals surface area contributed by atoms with E-state index in [-0.39, 0.29) is 42.7 Å². The summed E-state index contributed by atoms with van der Waals surface area (Å²) in [5.41, 5.74) is 6.91. The Hall–Kier alpha value is -3.55. The lowest BCUT2D eigenvalue weighted by Crippen LogP contribution is -2.42. The van der Waals surface area contributed by atoms with Gasteiger partial charge in [0.1, 0.15) is 6.61 Å². The van der Waals surface area contributed by atoms with Gasteiger partial charge in [-0.1, -0.05) is 36.8 Å². The Balaban J connectivity index is 1.89. The fourth-order valence-electron chi connectivity index (χ4n) is 3.72. The van der Waals surface area contributed by atoms with E-state index >= 15 is 0 Å². The molecular formula is C26H36N4O8S. The van der Waals surface area contributed by atoms with Crippen molar-refractivity contribution in [3.8, 4) is 0 Å². The zero-order valence-corrected chi connectivity index (χ0v) is 22.8. The molecule has 0 aliphatic carbocycles. The maximum absolute atomic E-state index is 13.3. The maximum atomic E-state index is 13.3. The highest BCUT2D eigenvalue weighted by Crippen LogP contribution is 2.21. The van der Waals surface area contributed by atoms with Gasteiger partial charge in [-0.25, -0.2) is 13.2 Å². The van der Waals surface area contributed by atoms with Gasteiger partial charge >= 0.3 is 12.1 Å². The molecule has 2 rings (SSSR count). The third-order valence-electron chi connectivity index (χ3n) is 5.87. The van der Waals surface area contributed by atoms with Crippen molar-refractivity contribution in [2.75, 3.05) is 26.7 Å². The number of carbonyl (C=O) groups excluding carboxylic acids is 2. The van der Waals surface area contributed by atoms with Crippen LogP contribution in [0.4, 0.5) is 10.5 Å². The number of hydrogen-bond donors (Lipinski definition) is 2. The number of sulfonamides is 1. The molecule has 2 aromatic rings. The van der Waals surface area contributed by atoms with E-state index < -0.39 is 27.1 Å². The molecule has 13 heteroatoms. The first-order valence-corrected chi connectivity index (χ1v) is 14.1. The SMILES string of the molecule is COC(=O)CCCCCN(C[C@H](N)CCCNC(=O)OCc1ccccc1)S(=O)(=O)c1ccc([N+](=O)[O-])cc1. The number of nitro groups is 1. The van der Waals surface area contributed by atoms with Crippen LogP contribution in [0.1, 0.15) is 44.1 Å². The fourth-order valence-corrected chi connectivity index (χ4v) is 5.25. The zero-order valence-electron chi connectivity index (χ0n) is 22.0.